The van der Waals surface area contributed by atoms with Gasteiger partial charge in [0.25, 0.3) is 5.91 Å². The maximum atomic E-state index is 11.0. The van der Waals surface area contributed by atoms with Crippen molar-refractivity contribution in [1.29, 1.82) is 0 Å². The zero-order chi connectivity index (χ0) is 9.26. The van der Waals surface area contributed by atoms with E-state index in [0.717, 1.165) is 0 Å². The Morgan fingerprint density at radius 2 is 2.15 bits per heavy atom. The van der Waals surface area contributed by atoms with Crippen LogP contribution in [0.4, 0.5) is 4.79 Å². The maximum Gasteiger partial charge on any atom is 0.326 e. The number of carbonyl (C=O) groups is 2. The molecule has 0 atom stereocenters. The number of hydrogen-bond acceptors (Lipinski definition) is 3. The first-order chi connectivity index (χ1) is 6.25. The number of nitrogens with one attached hydrogen (secondary N) is 2. The van der Waals surface area contributed by atoms with Crippen LogP contribution in [0.25, 0.3) is 6.08 Å². The SMILES string of the molecule is O=C1NC(=O)/C(=C/c2ccco2)N1. The van der Waals surface area contributed by atoms with Crippen molar-refractivity contribution in [1.82, 2.24) is 10.6 Å². The first-order valence-electron chi connectivity index (χ1n) is 3.63. The van der Waals surface area contributed by atoms with Gasteiger partial charge in [-0.25, -0.2) is 4.79 Å². The summed E-state index contributed by atoms with van der Waals surface area (Å²) in [5.74, 6) is 0.0775. The monoisotopic (exact) mass is 178 g/mol. The molecule has 2 N–H and O–H groups in total. The molecule has 1 aromatic heterocycles. The summed E-state index contributed by atoms with van der Waals surface area (Å²) in [7, 11) is 0. The zero-order valence-electron chi connectivity index (χ0n) is 6.53. The van der Waals surface area contributed by atoms with Crippen LogP contribution in [0.1, 0.15) is 5.76 Å². The topological polar surface area (TPSA) is 71.3 Å². The molecule has 13 heavy (non-hydrogen) atoms. The van der Waals surface area contributed by atoms with Crippen LogP contribution in [0, 0.1) is 0 Å². The van der Waals surface area contributed by atoms with Gasteiger partial charge in [0.2, 0.25) is 0 Å². The summed E-state index contributed by atoms with van der Waals surface area (Å²) in [6.07, 6.45) is 2.95. The van der Waals surface area contributed by atoms with Gasteiger partial charge >= 0.3 is 6.03 Å². The highest BCUT2D eigenvalue weighted by Gasteiger charge is 2.22. The summed E-state index contributed by atoms with van der Waals surface area (Å²) in [5, 5.41) is 4.42. The second-order valence-corrected chi connectivity index (χ2v) is 2.48. The summed E-state index contributed by atoms with van der Waals surface area (Å²) in [4.78, 5) is 21.7. The predicted molar refractivity (Wildman–Crippen MR) is 43.4 cm³/mol. The van der Waals surface area contributed by atoms with Gasteiger partial charge < -0.3 is 9.73 Å². The lowest BCUT2D eigenvalue weighted by Crippen LogP contribution is -2.22. The Morgan fingerprint density at radius 1 is 1.31 bits per heavy atom. The molecule has 2 rings (SSSR count). The van der Waals surface area contributed by atoms with Gasteiger partial charge in [0.05, 0.1) is 6.26 Å². The molecule has 3 amide bonds. The van der Waals surface area contributed by atoms with Crippen LogP contribution in [0.2, 0.25) is 0 Å². The highest BCUT2D eigenvalue weighted by Crippen LogP contribution is 2.07. The molecular weight excluding hydrogens is 172 g/mol. The molecule has 5 heteroatoms. The maximum absolute atomic E-state index is 11.0. The smallest absolute Gasteiger partial charge is 0.326 e. The molecule has 1 aromatic rings. The third-order valence-corrected chi connectivity index (χ3v) is 1.55. The van der Waals surface area contributed by atoms with Crippen molar-refractivity contribution in [3.8, 4) is 0 Å². The van der Waals surface area contributed by atoms with Crippen LogP contribution < -0.4 is 10.6 Å². The number of carbonyl (C=O) groups excluding carboxylic acids is 2. The van der Waals surface area contributed by atoms with Gasteiger partial charge in [-0.3, -0.25) is 10.1 Å². The van der Waals surface area contributed by atoms with Crippen LogP contribution >= 0.6 is 0 Å². The Morgan fingerprint density at radius 3 is 2.69 bits per heavy atom. The van der Waals surface area contributed by atoms with E-state index in [0.29, 0.717) is 5.76 Å². The number of imide groups is 1. The first kappa shape index (κ1) is 7.60. The first-order valence-corrected chi connectivity index (χ1v) is 3.63. The molecule has 0 radical (unpaired) electrons. The molecule has 1 aliphatic heterocycles. The van der Waals surface area contributed by atoms with Crippen molar-refractivity contribution in [2.45, 2.75) is 0 Å². The number of urea groups is 1. The Labute approximate surface area is 73.4 Å². The summed E-state index contributed by atoms with van der Waals surface area (Å²) in [6.45, 7) is 0. The number of rotatable bonds is 1. The van der Waals surface area contributed by atoms with Crippen LogP contribution in [0.3, 0.4) is 0 Å². The lowest BCUT2D eigenvalue weighted by atomic mass is 10.3. The lowest BCUT2D eigenvalue weighted by Gasteiger charge is -1.89. The summed E-state index contributed by atoms with van der Waals surface area (Å²) >= 11 is 0. The fourth-order valence-corrected chi connectivity index (χ4v) is 0.998. The van der Waals surface area contributed by atoms with E-state index in [-0.39, 0.29) is 5.70 Å². The molecule has 0 unspecified atom stereocenters. The standard InChI is InChI=1S/C8H6N2O3/c11-7-6(9-8(12)10-7)4-5-2-1-3-13-5/h1-4H,(H2,9,10,11,12)/b6-4-. The molecular formula is C8H6N2O3. The van der Waals surface area contributed by atoms with E-state index < -0.39 is 11.9 Å². The Bertz CT molecular complexity index is 378. The van der Waals surface area contributed by atoms with Crippen molar-refractivity contribution in [2.24, 2.45) is 0 Å². The van der Waals surface area contributed by atoms with E-state index in [9.17, 15) is 9.59 Å². The fourth-order valence-electron chi connectivity index (χ4n) is 0.998. The molecule has 0 bridgehead atoms. The quantitative estimate of drug-likeness (QED) is 0.484. The van der Waals surface area contributed by atoms with Crippen LogP contribution in [0.15, 0.2) is 28.5 Å². The van der Waals surface area contributed by atoms with Gasteiger partial charge in [0.1, 0.15) is 11.5 Å². The average Bonchev–Trinajstić information content (AvgIpc) is 2.63. The van der Waals surface area contributed by atoms with Gasteiger partial charge in [-0.05, 0) is 12.1 Å². The minimum Gasteiger partial charge on any atom is -0.465 e. The Balaban J connectivity index is 2.27. The highest BCUT2D eigenvalue weighted by atomic mass is 16.3. The van der Waals surface area contributed by atoms with Crippen LogP contribution in [0.5, 0.6) is 0 Å². The molecule has 2 heterocycles. The van der Waals surface area contributed by atoms with E-state index in [1.807, 2.05) is 0 Å². The van der Waals surface area contributed by atoms with Crippen molar-refractivity contribution in [2.75, 3.05) is 0 Å². The molecule has 0 aromatic carbocycles. The van der Waals surface area contributed by atoms with Crippen molar-refractivity contribution in [3.05, 3.63) is 29.9 Å². The van der Waals surface area contributed by atoms with Gasteiger partial charge in [-0.2, -0.15) is 0 Å². The molecule has 66 valence electrons. The lowest BCUT2D eigenvalue weighted by molar-refractivity contribution is -0.115. The van der Waals surface area contributed by atoms with Gasteiger partial charge in [0, 0.05) is 6.08 Å². The Hall–Kier alpha value is -2.04. The van der Waals surface area contributed by atoms with Crippen molar-refractivity contribution >= 4 is 18.0 Å². The summed E-state index contributed by atoms with van der Waals surface area (Å²) < 4.78 is 4.97. The van der Waals surface area contributed by atoms with Gasteiger partial charge in [-0.15, -0.1) is 0 Å². The third-order valence-electron chi connectivity index (χ3n) is 1.55. The number of furan rings is 1. The largest absolute Gasteiger partial charge is 0.465 e. The molecule has 5 nitrogen and oxygen atoms in total. The van der Waals surface area contributed by atoms with E-state index in [4.69, 9.17) is 4.42 Å². The van der Waals surface area contributed by atoms with E-state index >= 15 is 0 Å². The van der Waals surface area contributed by atoms with Crippen LogP contribution in [-0.2, 0) is 4.79 Å². The van der Waals surface area contributed by atoms with Crippen LogP contribution in [-0.4, -0.2) is 11.9 Å². The van der Waals surface area contributed by atoms with E-state index in [2.05, 4.69) is 10.6 Å². The van der Waals surface area contributed by atoms with Crippen molar-refractivity contribution < 1.29 is 14.0 Å². The summed E-state index contributed by atoms with van der Waals surface area (Å²) in [5.41, 5.74) is 0.194. The average molecular weight is 178 g/mol. The number of amides is 3. The van der Waals surface area contributed by atoms with E-state index in [1.54, 1.807) is 12.1 Å². The highest BCUT2D eigenvalue weighted by molar-refractivity contribution is 6.13. The molecule has 1 fully saturated rings. The molecule has 0 saturated carbocycles. The van der Waals surface area contributed by atoms with Gasteiger partial charge in [0.15, 0.2) is 0 Å². The van der Waals surface area contributed by atoms with Crippen molar-refractivity contribution in [3.63, 3.8) is 0 Å². The van der Waals surface area contributed by atoms with Gasteiger partial charge in [-0.1, -0.05) is 0 Å². The summed E-state index contributed by atoms with van der Waals surface area (Å²) in [6, 6.07) is 2.87. The molecule has 1 saturated heterocycles. The fraction of sp³-hybridized carbons (Fsp3) is 0. The minimum atomic E-state index is -0.511. The molecule has 0 spiro atoms. The predicted octanol–water partition coefficient (Wildman–Crippen LogP) is 0.460. The zero-order valence-corrected chi connectivity index (χ0v) is 6.53. The number of hydrogen-bond donors (Lipinski definition) is 2. The van der Waals surface area contributed by atoms with E-state index in [1.165, 1.54) is 12.3 Å². The normalized spacial score (nSPS) is 18.9. The molecule has 0 aliphatic carbocycles. The second-order valence-electron chi connectivity index (χ2n) is 2.48. The third kappa shape index (κ3) is 1.44. The minimum absolute atomic E-state index is 0.194. The second kappa shape index (κ2) is 2.78. The Kier molecular flexibility index (Phi) is 1.63. The molecule has 1 aliphatic rings.